The highest BCUT2D eigenvalue weighted by molar-refractivity contribution is 7.89. The van der Waals surface area contributed by atoms with Crippen LogP contribution in [0.25, 0.3) is 6.08 Å². The van der Waals surface area contributed by atoms with E-state index >= 15 is 0 Å². The Kier molecular flexibility index (Phi) is 5.01. The van der Waals surface area contributed by atoms with Crippen molar-refractivity contribution in [2.75, 3.05) is 6.26 Å². The number of sulfonamides is 1. The van der Waals surface area contributed by atoms with Gasteiger partial charge in [0.2, 0.25) is 10.0 Å². The van der Waals surface area contributed by atoms with Crippen LogP contribution in [0.1, 0.15) is 31.2 Å². The van der Waals surface area contributed by atoms with Gasteiger partial charge in [-0.25, -0.2) is 13.1 Å². The minimum Gasteiger partial charge on any atom is -0.490 e. The molecule has 1 aromatic rings. The van der Waals surface area contributed by atoms with Crippen molar-refractivity contribution in [2.45, 2.75) is 31.8 Å². The van der Waals surface area contributed by atoms with Gasteiger partial charge in [-0.05, 0) is 49.5 Å². The Balaban J connectivity index is 1.98. The molecule has 1 N–H and O–H groups in total. The van der Waals surface area contributed by atoms with E-state index in [0.717, 1.165) is 30.4 Å². The van der Waals surface area contributed by atoms with E-state index in [-0.39, 0.29) is 6.10 Å². The van der Waals surface area contributed by atoms with Crippen LogP contribution in [-0.4, -0.2) is 26.7 Å². The van der Waals surface area contributed by atoms with Gasteiger partial charge in [0.15, 0.2) is 0 Å². The molecule has 0 aromatic heterocycles. The standard InChI is InChI=1S/C15H19NO4S/c1-21(18,19)16-15(17)10-9-12-5-4-8-14(11-12)20-13-6-2-3-7-13/h4-5,8-11,13H,2-3,6-7H2,1H3,(H,16,17)/b10-9-. The molecule has 1 saturated carbocycles. The van der Waals surface area contributed by atoms with E-state index < -0.39 is 15.9 Å². The first-order valence-electron chi connectivity index (χ1n) is 6.89. The highest BCUT2D eigenvalue weighted by Gasteiger charge is 2.16. The summed E-state index contributed by atoms with van der Waals surface area (Å²) in [6, 6.07) is 7.39. The van der Waals surface area contributed by atoms with E-state index in [9.17, 15) is 13.2 Å². The van der Waals surface area contributed by atoms with Crippen molar-refractivity contribution >= 4 is 22.0 Å². The molecule has 6 heteroatoms. The van der Waals surface area contributed by atoms with Crippen molar-refractivity contribution in [1.29, 1.82) is 0 Å². The lowest BCUT2D eigenvalue weighted by atomic mass is 10.2. The quantitative estimate of drug-likeness (QED) is 0.845. The Morgan fingerprint density at radius 3 is 2.71 bits per heavy atom. The first-order valence-corrected chi connectivity index (χ1v) is 8.78. The van der Waals surface area contributed by atoms with Crippen LogP contribution >= 0.6 is 0 Å². The number of ether oxygens (including phenoxy) is 1. The van der Waals surface area contributed by atoms with Crippen molar-refractivity contribution in [3.05, 3.63) is 35.9 Å². The normalized spacial score (nSPS) is 16.2. The predicted octanol–water partition coefficient (Wildman–Crippen LogP) is 2.10. The van der Waals surface area contributed by atoms with Gasteiger partial charge in [0, 0.05) is 6.08 Å². The molecule has 0 heterocycles. The maximum atomic E-state index is 11.4. The van der Waals surface area contributed by atoms with Crippen LogP contribution in [0, 0.1) is 0 Å². The molecule has 1 aliphatic rings. The molecule has 0 unspecified atom stereocenters. The van der Waals surface area contributed by atoms with E-state index in [1.165, 1.54) is 18.9 Å². The van der Waals surface area contributed by atoms with Crippen LogP contribution in [0.15, 0.2) is 30.3 Å². The van der Waals surface area contributed by atoms with E-state index in [1.54, 1.807) is 6.08 Å². The third-order valence-corrected chi connectivity index (χ3v) is 3.75. The fourth-order valence-electron chi connectivity index (χ4n) is 2.28. The molecule has 0 saturated heterocycles. The Morgan fingerprint density at radius 1 is 1.33 bits per heavy atom. The summed E-state index contributed by atoms with van der Waals surface area (Å²) in [7, 11) is -3.53. The number of benzene rings is 1. The molecular weight excluding hydrogens is 290 g/mol. The first-order chi connectivity index (χ1) is 9.92. The monoisotopic (exact) mass is 309 g/mol. The summed E-state index contributed by atoms with van der Waals surface area (Å²) in [5.74, 6) is 0.104. The summed E-state index contributed by atoms with van der Waals surface area (Å²) in [4.78, 5) is 11.4. The van der Waals surface area contributed by atoms with Crippen molar-refractivity contribution in [2.24, 2.45) is 0 Å². The van der Waals surface area contributed by atoms with Gasteiger partial charge in [0.25, 0.3) is 5.91 Å². The maximum absolute atomic E-state index is 11.4. The fraction of sp³-hybridized carbons (Fsp3) is 0.400. The van der Waals surface area contributed by atoms with Gasteiger partial charge in [0.05, 0.1) is 12.4 Å². The Bertz CT molecular complexity index is 631. The van der Waals surface area contributed by atoms with Gasteiger partial charge in [0.1, 0.15) is 5.75 Å². The van der Waals surface area contributed by atoms with Crippen LogP contribution in [0.5, 0.6) is 5.75 Å². The van der Waals surface area contributed by atoms with Crippen molar-refractivity contribution in [3.63, 3.8) is 0 Å². The Labute approximate surface area is 125 Å². The van der Waals surface area contributed by atoms with E-state index in [2.05, 4.69) is 0 Å². The van der Waals surface area contributed by atoms with E-state index in [1.807, 2.05) is 29.0 Å². The third-order valence-electron chi connectivity index (χ3n) is 3.18. The molecular formula is C15H19NO4S. The number of nitrogens with one attached hydrogen (secondary N) is 1. The fourth-order valence-corrected chi connectivity index (χ4v) is 2.71. The van der Waals surface area contributed by atoms with Gasteiger partial charge in [-0.3, -0.25) is 4.79 Å². The molecule has 0 radical (unpaired) electrons. The first kappa shape index (κ1) is 15.6. The summed E-state index contributed by atoms with van der Waals surface area (Å²) >= 11 is 0. The minimum absolute atomic E-state index is 0.276. The topological polar surface area (TPSA) is 72.5 Å². The molecule has 2 rings (SSSR count). The third kappa shape index (κ3) is 5.59. The van der Waals surface area contributed by atoms with Crippen LogP contribution < -0.4 is 9.46 Å². The molecule has 0 bridgehead atoms. The SMILES string of the molecule is CS(=O)(=O)NC(=O)/C=C\c1cccc(OC2CCCC2)c1. The van der Waals surface area contributed by atoms with Crippen molar-refractivity contribution < 1.29 is 17.9 Å². The minimum atomic E-state index is -3.53. The predicted molar refractivity (Wildman–Crippen MR) is 81.3 cm³/mol. The van der Waals surface area contributed by atoms with Gasteiger partial charge in [-0.1, -0.05) is 12.1 Å². The maximum Gasteiger partial charge on any atom is 0.257 e. The zero-order valence-electron chi connectivity index (χ0n) is 11.9. The van der Waals surface area contributed by atoms with E-state index in [4.69, 9.17) is 4.74 Å². The second-order valence-electron chi connectivity index (χ2n) is 5.17. The summed E-state index contributed by atoms with van der Waals surface area (Å²) in [6.07, 6.45) is 8.53. The lowest BCUT2D eigenvalue weighted by Gasteiger charge is -2.13. The molecule has 1 fully saturated rings. The van der Waals surface area contributed by atoms with Crippen LogP contribution in [0.4, 0.5) is 0 Å². The largest absolute Gasteiger partial charge is 0.490 e. The number of carbonyl (C=O) groups is 1. The van der Waals surface area contributed by atoms with E-state index in [0.29, 0.717) is 0 Å². The number of hydrogen-bond acceptors (Lipinski definition) is 4. The molecule has 5 nitrogen and oxygen atoms in total. The Morgan fingerprint density at radius 2 is 2.05 bits per heavy atom. The van der Waals surface area contributed by atoms with Crippen molar-refractivity contribution in [1.82, 2.24) is 4.72 Å². The van der Waals surface area contributed by atoms with Crippen LogP contribution in [0.2, 0.25) is 0 Å². The lowest BCUT2D eigenvalue weighted by Crippen LogP contribution is -2.27. The zero-order chi connectivity index (χ0) is 15.3. The number of amides is 1. The van der Waals surface area contributed by atoms with Crippen LogP contribution in [0.3, 0.4) is 0 Å². The molecule has 21 heavy (non-hydrogen) atoms. The lowest BCUT2D eigenvalue weighted by molar-refractivity contribution is -0.114. The highest BCUT2D eigenvalue weighted by Crippen LogP contribution is 2.24. The van der Waals surface area contributed by atoms with Gasteiger partial charge < -0.3 is 4.74 Å². The summed E-state index contributed by atoms with van der Waals surface area (Å²) in [5, 5.41) is 0. The number of hydrogen-bond donors (Lipinski definition) is 1. The molecule has 0 spiro atoms. The summed E-state index contributed by atoms with van der Waals surface area (Å²) in [5.41, 5.74) is 0.786. The van der Waals surface area contributed by atoms with Gasteiger partial charge >= 0.3 is 0 Å². The second-order valence-corrected chi connectivity index (χ2v) is 6.92. The average Bonchev–Trinajstić information content (AvgIpc) is 2.88. The zero-order valence-corrected chi connectivity index (χ0v) is 12.7. The average molecular weight is 309 g/mol. The molecule has 1 aromatic carbocycles. The molecule has 1 amide bonds. The van der Waals surface area contributed by atoms with Crippen molar-refractivity contribution in [3.8, 4) is 5.75 Å². The van der Waals surface area contributed by atoms with Crippen LogP contribution in [-0.2, 0) is 14.8 Å². The molecule has 0 atom stereocenters. The van der Waals surface area contributed by atoms with Gasteiger partial charge in [-0.15, -0.1) is 0 Å². The highest BCUT2D eigenvalue weighted by atomic mass is 32.2. The Hall–Kier alpha value is -1.82. The molecule has 114 valence electrons. The smallest absolute Gasteiger partial charge is 0.257 e. The second kappa shape index (κ2) is 6.76. The number of carbonyl (C=O) groups excluding carboxylic acids is 1. The number of rotatable bonds is 5. The summed E-state index contributed by atoms with van der Waals surface area (Å²) in [6.45, 7) is 0. The molecule has 1 aliphatic carbocycles. The van der Waals surface area contributed by atoms with Gasteiger partial charge in [-0.2, -0.15) is 0 Å². The summed E-state index contributed by atoms with van der Waals surface area (Å²) < 4.78 is 29.6. The molecule has 0 aliphatic heterocycles.